The average molecular weight is 295 g/mol. The zero-order valence-corrected chi connectivity index (χ0v) is 11.6. The summed E-state index contributed by atoms with van der Waals surface area (Å²) in [7, 11) is 0. The van der Waals surface area contributed by atoms with E-state index >= 15 is 0 Å². The molecule has 2 aromatic rings. The Balaban J connectivity index is 2.14. The fourth-order valence-corrected chi connectivity index (χ4v) is 2.85. The largest absolute Gasteiger partial charge is 0.418 e. The molecule has 0 aliphatic carbocycles. The van der Waals surface area contributed by atoms with Gasteiger partial charge in [0.2, 0.25) is 0 Å². The number of fused-ring (bicyclic) bond motifs is 1. The molecule has 0 amide bonds. The number of nitrogens with two attached hydrogens (primary N) is 1. The molecule has 0 saturated carbocycles. The van der Waals surface area contributed by atoms with Gasteiger partial charge in [0.25, 0.3) is 0 Å². The lowest BCUT2D eigenvalue weighted by molar-refractivity contribution is -0.136. The van der Waals surface area contributed by atoms with Gasteiger partial charge in [-0.3, -0.25) is 4.98 Å². The first-order valence-corrected chi connectivity index (χ1v) is 6.83. The number of anilines is 1. The lowest BCUT2D eigenvalue weighted by atomic mass is 10.1. The Morgan fingerprint density at radius 1 is 1.24 bits per heavy atom. The van der Waals surface area contributed by atoms with Gasteiger partial charge in [-0.05, 0) is 30.2 Å². The molecule has 21 heavy (non-hydrogen) atoms. The summed E-state index contributed by atoms with van der Waals surface area (Å²) in [5, 5.41) is 0.522. The number of rotatable bonds is 1. The molecular weight excluding hydrogens is 279 g/mol. The van der Waals surface area contributed by atoms with Crippen molar-refractivity contribution in [3.63, 3.8) is 0 Å². The Kier molecular flexibility index (Phi) is 3.28. The van der Waals surface area contributed by atoms with Crippen molar-refractivity contribution in [3.05, 3.63) is 36.0 Å². The molecule has 0 bridgehead atoms. The molecule has 1 unspecified atom stereocenters. The van der Waals surface area contributed by atoms with E-state index in [1.165, 1.54) is 12.3 Å². The molecule has 1 aliphatic rings. The van der Waals surface area contributed by atoms with Gasteiger partial charge in [0, 0.05) is 36.4 Å². The van der Waals surface area contributed by atoms with E-state index in [1.54, 1.807) is 12.1 Å². The van der Waals surface area contributed by atoms with Crippen LogP contribution < -0.4 is 10.6 Å². The smallest absolute Gasteiger partial charge is 0.369 e. The Morgan fingerprint density at radius 3 is 2.62 bits per heavy atom. The summed E-state index contributed by atoms with van der Waals surface area (Å²) < 4.78 is 39.2. The van der Waals surface area contributed by atoms with Crippen molar-refractivity contribution in [2.45, 2.75) is 19.1 Å². The van der Waals surface area contributed by atoms with E-state index in [4.69, 9.17) is 5.73 Å². The van der Waals surface area contributed by atoms with Crippen LogP contribution in [0.5, 0.6) is 0 Å². The maximum Gasteiger partial charge on any atom is 0.418 e. The number of halogens is 3. The number of nitrogens with zero attached hydrogens (tertiary/aromatic N) is 2. The second-order valence-electron chi connectivity index (χ2n) is 5.58. The highest BCUT2D eigenvalue weighted by Gasteiger charge is 2.35. The van der Waals surface area contributed by atoms with Crippen LogP contribution in [0.25, 0.3) is 10.9 Å². The Bertz CT molecular complexity index is 659. The summed E-state index contributed by atoms with van der Waals surface area (Å²) in [6.07, 6.45) is -3.01. The molecule has 1 fully saturated rings. The van der Waals surface area contributed by atoms with Crippen molar-refractivity contribution < 1.29 is 13.2 Å². The predicted octanol–water partition coefficient (Wildman–Crippen LogP) is 3.04. The number of benzene rings is 1. The van der Waals surface area contributed by atoms with Crippen molar-refractivity contribution in [2.75, 3.05) is 18.0 Å². The summed E-state index contributed by atoms with van der Waals surface area (Å²) in [5.74, 6) is 0.319. The first-order valence-electron chi connectivity index (χ1n) is 6.83. The van der Waals surface area contributed by atoms with Crippen LogP contribution in [0.4, 0.5) is 18.9 Å². The molecule has 1 aromatic carbocycles. The van der Waals surface area contributed by atoms with Crippen LogP contribution >= 0.6 is 0 Å². The third-order valence-electron chi connectivity index (χ3n) is 4.06. The van der Waals surface area contributed by atoms with Gasteiger partial charge in [-0.1, -0.05) is 6.92 Å². The number of hydrogen-bond acceptors (Lipinski definition) is 3. The van der Waals surface area contributed by atoms with E-state index in [-0.39, 0.29) is 11.6 Å². The van der Waals surface area contributed by atoms with Gasteiger partial charge >= 0.3 is 6.18 Å². The summed E-state index contributed by atoms with van der Waals surface area (Å²) in [6.45, 7) is 3.45. The monoisotopic (exact) mass is 295 g/mol. The minimum Gasteiger partial charge on any atom is -0.369 e. The number of aromatic nitrogens is 1. The first-order chi connectivity index (χ1) is 9.88. The molecule has 1 aromatic heterocycles. The summed E-state index contributed by atoms with van der Waals surface area (Å²) in [6, 6.07) is 6.02. The second-order valence-corrected chi connectivity index (χ2v) is 5.58. The molecule has 2 N–H and O–H groups in total. The molecule has 0 radical (unpaired) electrons. The van der Waals surface area contributed by atoms with Crippen molar-refractivity contribution >= 4 is 16.6 Å². The average Bonchev–Trinajstić information content (AvgIpc) is 2.76. The second kappa shape index (κ2) is 4.87. The van der Waals surface area contributed by atoms with Crippen LogP contribution in [-0.2, 0) is 6.18 Å². The molecule has 2 atom stereocenters. The highest BCUT2D eigenvalue weighted by atomic mass is 19.4. The molecule has 0 spiro atoms. The molecular formula is C15H16F3N3. The normalized spacial score (nSPS) is 23.0. The van der Waals surface area contributed by atoms with Gasteiger partial charge in [0.15, 0.2) is 0 Å². The quantitative estimate of drug-likeness (QED) is 0.879. The fraction of sp³-hybridized carbons (Fsp3) is 0.400. The van der Waals surface area contributed by atoms with Crippen molar-refractivity contribution in [1.82, 2.24) is 4.98 Å². The predicted molar refractivity (Wildman–Crippen MR) is 76.1 cm³/mol. The lowest BCUT2D eigenvalue weighted by Gasteiger charge is -2.21. The third-order valence-corrected chi connectivity index (χ3v) is 4.06. The van der Waals surface area contributed by atoms with Crippen LogP contribution in [0.15, 0.2) is 30.5 Å². The summed E-state index contributed by atoms with van der Waals surface area (Å²) >= 11 is 0. The van der Waals surface area contributed by atoms with E-state index in [1.807, 2.05) is 4.90 Å². The van der Waals surface area contributed by atoms with Crippen LogP contribution in [0.2, 0.25) is 0 Å². The van der Waals surface area contributed by atoms with Gasteiger partial charge in [0.05, 0.1) is 11.1 Å². The molecule has 112 valence electrons. The third kappa shape index (κ3) is 2.44. The van der Waals surface area contributed by atoms with E-state index < -0.39 is 11.7 Å². The van der Waals surface area contributed by atoms with Gasteiger partial charge in [-0.2, -0.15) is 13.2 Å². The Morgan fingerprint density at radius 2 is 2.00 bits per heavy atom. The number of hydrogen-bond donors (Lipinski definition) is 1. The lowest BCUT2D eigenvalue weighted by Crippen LogP contribution is -2.28. The zero-order chi connectivity index (χ0) is 15.2. The van der Waals surface area contributed by atoms with Crippen LogP contribution in [0, 0.1) is 5.92 Å². The first kappa shape index (κ1) is 14.1. The van der Waals surface area contributed by atoms with Crippen LogP contribution in [0.1, 0.15) is 12.5 Å². The molecule has 6 heteroatoms. The van der Waals surface area contributed by atoms with E-state index in [0.717, 1.165) is 18.3 Å². The highest BCUT2D eigenvalue weighted by molar-refractivity contribution is 5.94. The summed E-state index contributed by atoms with van der Waals surface area (Å²) in [5.41, 5.74) is 6.08. The van der Waals surface area contributed by atoms with Crippen LogP contribution in [-0.4, -0.2) is 24.1 Å². The Hall–Kier alpha value is -1.82. The highest BCUT2D eigenvalue weighted by Crippen LogP contribution is 2.38. The molecule has 1 aliphatic heterocycles. The topological polar surface area (TPSA) is 42.2 Å². The Labute approximate surface area is 120 Å². The zero-order valence-electron chi connectivity index (χ0n) is 11.6. The fourth-order valence-electron chi connectivity index (χ4n) is 2.85. The maximum atomic E-state index is 13.1. The molecule has 3 rings (SSSR count). The summed E-state index contributed by atoms with van der Waals surface area (Å²) in [4.78, 5) is 5.98. The standard InChI is InChI=1S/C15H16F3N3/c1-9-7-21(8-12(9)19)13-5-4-11(15(16,17)18)14-10(13)3-2-6-20-14/h2-6,9,12H,7-8,19H2,1H3/t9?,12-/m0/s1. The van der Waals surface area contributed by atoms with Gasteiger partial charge in [0.1, 0.15) is 0 Å². The molecule has 2 heterocycles. The SMILES string of the molecule is CC1CN(c2ccc(C(F)(F)F)c3ncccc23)C[C@@H]1N. The molecule has 3 nitrogen and oxygen atoms in total. The maximum absolute atomic E-state index is 13.1. The van der Waals surface area contributed by atoms with Crippen molar-refractivity contribution in [2.24, 2.45) is 11.7 Å². The van der Waals surface area contributed by atoms with E-state index in [9.17, 15) is 13.2 Å². The minimum atomic E-state index is -4.40. The van der Waals surface area contributed by atoms with Crippen molar-refractivity contribution in [1.29, 1.82) is 0 Å². The van der Waals surface area contributed by atoms with E-state index in [0.29, 0.717) is 17.8 Å². The molecule has 1 saturated heterocycles. The van der Waals surface area contributed by atoms with E-state index in [2.05, 4.69) is 11.9 Å². The number of pyridine rings is 1. The minimum absolute atomic E-state index is 0.00405. The number of alkyl halides is 3. The van der Waals surface area contributed by atoms with Gasteiger partial charge in [-0.25, -0.2) is 0 Å². The van der Waals surface area contributed by atoms with Gasteiger partial charge in [-0.15, -0.1) is 0 Å². The van der Waals surface area contributed by atoms with Crippen LogP contribution in [0.3, 0.4) is 0 Å². The van der Waals surface area contributed by atoms with Crippen molar-refractivity contribution in [3.8, 4) is 0 Å². The van der Waals surface area contributed by atoms with Gasteiger partial charge < -0.3 is 10.6 Å².